The molecule has 19 heavy (non-hydrogen) atoms. The van der Waals surface area contributed by atoms with Crippen LogP contribution in [0.5, 0.6) is 0 Å². The Labute approximate surface area is 117 Å². The highest BCUT2D eigenvalue weighted by Crippen LogP contribution is 2.23. The average molecular weight is 261 g/mol. The summed E-state index contributed by atoms with van der Waals surface area (Å²) in [7, 11) is 4.43. The first kappa shape index (κ1) is 14.4. The van der Waals surface area contributed by atoms with Gasteiger partial charge in [-0.1, -0.05) is 18.2 Å². The SMILES string of the molecule is CN1CCC(CN(C)c2ccccc2CCN)CC1. The number of hydrogen-bond acceptors (Lipinski definition) is 3. The van der Waals surface area contributed by atoms with Crippen LogP contribution in [0, 0.1) is 5.92 Å². The molecule has 106 valence electrons. The second-order valence-electron chi connectivity index (χ2n) is 5.79. The quantitative estimate of drug-likeness (QED) is 0.879. The summed E-state index contributed by atoms with van der Waals surface area (Å²) in [6.07, 6.45) is 3.60. The molecule has 0 aromatic heterocycles. The lowest BCUT2D eigenvalue weighted by atomic mass is 9.96. The molecule has 0 bridgehead atoms. The van der Waals surface area contributed by atoms with Crippen molar-refractivity contribution in [1.29, 1.82) is 0 Å². The molecular formula is C16H27N3. The summed E-state index contributed by atoms with van der Waals surface area (Å²) >= 11 is 0. The molecule has 1 heterocycles. The molecule has 3 heteroatoms. The Morgan fingerprint density at radius 2 is 1.95 bits per heavy atom. The van der Waals surface area contributed by atoms with Crippen molar-refractivity contribution < 1.29 is 0 Å². The van der Waals surface area contributed by atoms with Crippen molar-refractivity contribution in [2.45, 2.75) is 19.3 Å². The van der Waals surface area contributed by atoms with Crippen LogP contribution in [0.2, 0.25) is 0 Å². The standard InChI is InChI=1S/C16H27N3/c1-18-11-8-14(9-12-18)13-19(2)16-6-4-3-5-15(16)7-10-17/h3-6,14H,7-13,17H2,1-2H3. The summed E-state index contributed by atoms with van der Waals surface area (Å²) in [6, 6.07) is 8.66. The van der Waals surface area contributed by atoms with Crippen molar-refractivity contribution >= 4 is 5.69 Å². The van der Waals surface area contributed by atoms with Crippen LogP contribution >= 0.6 is 0 Å². The molecule has 0 atom stereocenters. The highest BCUT2D eigenvalue weighted by atomic mass is 15.1. The first-order chi connectivity index (χ1) is 9.20. The van der Waals surface area contributed by atoms with Crippen molar-refractivity contribution in [3.05, 3.63) is 29.8 Å². The van der Waals surface area contributed by atoms with Crippen molar-refractivity contribution in [2.75, 3.05) is 45.2 Å². The summed E-state index contributed by atoms with van der Waals surface area (Å²) in [5.41, 5.74) is 8.43. The van der Waals surface area contributed by atoms with E-state index in [9.17, 15) is 0 Å². The van der Waals surface area contributed by atoms with Crippen LogP contribution < -0.4 is 10.6 Å². The van der Waals surface area contributed by atoms with Gasteiger partial charge in [0.2, 0.25) is 0 Å². The lowest BCUT2D eigenvalue weighted by Gasteiger charge is -2.33. The number of nitrogens with zero attached hydrogens (tertiary/aromatic N) is 2. The minimum Gasteiger partial charge on any atom is -0.374 e. The fraction of sp³-hybridized carbons (Fsp3) is 0.625. The van der Waals surface area contributed by atoms with Gasteiger partial charge in [0.25, 0.3) is 0 Å². The molecule has 0 radical (unpaired) electrons. The molecule has 2 N–H and O–H groups in total. The number of hydrogen-bond donors (Lipinski definition) is 1. The summed E-state index contributed by atoms with van der Waals surface area (Å²) in [6.45, 7) is 4.36. The third-order valence-electron chi connectivity index (χ3n) is 4.19. The summed E-state index contributed by atoms with van der Waals surface area (Å²) in [4.78, 5) is 4.85. The predicted molar refractivity (Wildman–Crippen MR) is 82.7 cm³/mol. The molecule has 1 aromatic rings. The molecule has 1 aromatic carbocycles. The maximum Gasteiger partial charge on any atom is 0.0396 e. The van der Waals surface area contributed by atoms with Gasteiger partial charge in [-0.2, -0.15) is 0 Å². The second kappa shape index (κ2) is 6.92. The lowest BCUT2D eigenvalue weighted by Crippen LogP contribution is -2.36. The van der Waals surface area contributed by atoms with Gasteiger partial charge in [0.05, 0.1) is 0 Å². The maximum atomic E-state index is 5.71. The Hall–Kier alpha value is -1.06. The normalized spacial score (nSPS) is 17.6. The molecule has 1 fully saturated rings. The largest absolute Gasteiger partial charge is 0.374 e. The van der Waals surface area contributed by atoms with Gasteiger partial charge >= 0.3 is 0 Å². The van der Waals surface area contributed by atoms with E-state index in [0.29, 0.717) is 0 Å². The first-order valence-corrected chi connectivity index (χ1v) is 7.38. The van der Waals surface area contributed by atoms with E-state index in [-0.39, 0.29) is 0 Å². The zero-order chi connectivity index (χ0) is 13.7. The number of rotatable bonds is 5. The monoisotopic (exact) mass is 261 g/mol. The van der Waals surface area contributed by atoms with Crippen molar-refractivity contribution in [2.24, 2.45) is 11.7 Å². The van der Waals surface area contributed by atoms with E-state index in [4.69, 9.17) is 5.73 Å². The van der Waals surface area contributed by atoms with E-state index < -0.39 is 0 Å². The topological polar surface area (TPSA) is 32.5 Å². The van der Waals surface area contributed by atoms with Gasteiger partial charge in [0, 0.05) is 19.3 Å². The Morgan fingerprint density at radius 3 is 2.63 bits per heavy atom. The zero-order valence-corrected chi connectivity index (χ0v) is 12.3. The third-order valence-corrected chi connectivity index (χ3v) is 4.19. The molecule has 3 nitrogen and oxygen atoms in total. The second-order valence-corrected chi connectivity index (χ2v) is 5.79. The molecule has 0 saturated carbocycles. The molecule has 2 rings (SSSR count). The average Bonchev–Trinajstić information content (AvgIpc) is 2.42. The van der Waals surface area contributed by atoms with Crippen LogP contribution in [0.15, 0.2) is 24.3 Å². The van der Waals surface area contributed by atoms with Crippen LogP contribution in [-0.4, -0.2) is 45.2 Å². The Balaban J connectivity index is 1.97. The van der Waals surface area contributed by atoms with Gasteiger partial charge in [0.15, 0.2) is 0 Å². The van der Waals surface area contributed by atoms with Gasteiger partial charge in [0.1, 0.15) is 0 Å². The highest BCUT2D eigenvalue weighted by molar-refractivity contribution is 5.53. The van der Waals surface area contributed by atoms with E-state index in [1.54, 1.807) is 0 Å². The first-order valence-electron chi connectivity index (χ1n) is 7.38. The van der Waals surface area contributed by atoms with Gasteiger partial charge in [-0.05, 0) is 63.5 Å². The van der Waals surface area contributed by atoms with Crippen molar-refractivity contribution in [1.82, 2.24) is 4.90 Å². The number of piperidine rings is 1. The van der Waals surface area contributed by atoms with E-state index in [1.165, 1.54) is 37.2 Å². The molecule has 0 unspecified atom stereocenters. The number of likely N-dealkylation sites (tertiary alicyclic amines) is 1. The maximum absolute atomic E-state index is 5.71. The minimum atomic E-state index is 0.721. The van der Waals surface area contributed by atoms with E-state index in [2.05, 4.69) is 48.2 Å². The number of nitrogens with two attached hydrogens (primary N) is 1. The van der Waals surface area contributed by atoms with Crippen molar-refractivity contribution in [3.63, 3.8) is 0 Å². The fourth-order valence-electron chi connectivity index (χ4n) is 2.98. The van der Waals surface area contributed by atoms with Crippen LogP contribution in [0.25, 0.3) is 0 Å². The number of anilines is 1. The van der Waals surface area contributed by atoms with Crippen LogP contribution in [0.4, 0.5) is 5.69 Å². The van der Waals surface area contributed by atoms with Crippen LogP contribution in [0.1, 0.15) is 18.4 Å². The molecular weight excluding hydrogens is 234 g/mol. The Kier molecular flexibility index (Phi) is 5.23. The van der Waals surface area contributed by atoms with Crippen molar-refractivity contribution in [3.8, 4) is 0 Å². The van der Waals surface area contributed by atoms with Gasteiger partial charge in [-0.15, -0.1) is 0 Å². The van der Waals surface area contributed by atoms with Gasteiger partial charge in [-0.3, -0.25) is 0 Å². The number of benzene rings is 1. The van der Waals surface area contributed by atoms with Crippen LogP contribution in [0.3, 0.4) is 0 Å². The summed E-state index contributed by atoms with van der Waals surface area (Å²) in [5, 5.41) is 0. The molecule has 1 aliphatic rings. The smallest absolute Gasteiger partial charge is 0.0396 e. The Bertz CT molecular complexity index is 383. The third kappa shape index (κ3) is 3.95. The fourth-order valence-corrected chi connectivity index (χ4v) is 2.98. The molecule has 0 spiro atoms. The molecule has 0 amide bonds. The lowest BCUT2D eigenvalue weighted by molar-refractivity contribution is 0.222. The Morgan fingerprint density at radius 1 is 1.26 bits per heavy atom. The van der Waals surface area contributed by atoms with Crippen LogP contribution in [-0.2, 0) is 6.42 Å². The van der Waals surface area contributed by atoms with Gasteiger partial charge in [-0.25, -0.2) is 0 Å². The predicted octanol–water partition coefficient (Wildman–Crippen LogP) is 1.97. The minimum absolute atomic E-state index is 0.721. The van der Waals surface area contributed by atoms with E-state index in [1.807, 2.05) is 0 Å². The summed E-state index contributed by atoms with van der Waals surface area (Å²) in [5.74, 6) is 0.826. The molecule has 1 saturated heterocycles. The van der Waals surface area contributed by atoms with E-state index >= 15 is 0 Å². The highest BCUT2D eigenvalue weighted by Gasteiger charge is 2.19. The van der Waals surface area contributed by atoms with E-state index in [0.717, 1.165) is 25.4 Å². The molecule has 1 aliphatic heterocycles. The molecule has 0 aliphatic carbocycles. The van der Waals surface area contributed by atoms with Gasteiger partial charge < -0.3 is 15.5 Å². The summed E-state index contributed by atoms with van der Waals surface area (Å²) < 4.78 is 0. The number of para-hydroxylation sites is 1. The zero-order valence-electron chi connectivity index (χ0n) is 12.3.